The van der Waals surface area contributed by atoms with Crippen LogP contribution in [0.5, 0.6) is 5.75 Å². The van der Waals surface area contributed by atoms with Gasteiger partial charge in [0.2, 0.25) is 0 Å². The molecule has 0 bridgehead atoms. The highest BCUT2D eigenvalue weighted by Gasteiger charge is 2.10. The van der Waals surface area contributed by atoms with Gasteiger partial charge in [-0.25, -0.2) is 9.18 Å². The standard InChI is InChI=1S/C12H9FO4/c13-11-5-9(1-2-10(11)12(14)15)17-7-8-3-4-16-6-8/h1-6H,7H2,(H,14,15). The summed E-state index contributed by atoms with van der Waals surface area (Å²) < 4.78 is 23.4. The fraction of sp³-hybridized carbons (Fsp3) is 0.0833. The summed E-state index contributed by atoms with van der Waals surface area (Å²) in [5.41, 5.74) is 0.438. The van der Waals surface area contributed by atoms with Crippen molar-refractivity contribution in [3.63, 3.8) is 0 Å². The first kappa shape index (κ1) is 11.2. The molecular weight excluding hydrogens is 227 g/mol. The Morgan fingerprint density at radius 2 is 2.24 bits per heavy atom. The van der Waals surface area contributed by atoms with E-state index in [0.717, 1.165) is 11.6 Å². The number of halogens is 1. The molecule has 0 aliphatic rings. The van der Waals surface area contributed by atoms with Crippen LogP contribution in [0, 0.1) is 5.82 Å². The summed E-state index contributed by atoms with van der Waals surface area (Å²) in [4.78, 5) is 10.6. The van der Waals surface area contributed by atoms with Crippen LogP contribution in [-0.2, 0) is 6.61 Å². The fourth-order valence-electron chi connectivity index (χ4n) is 1.30. The number of aromatic carboxylic acids is 1. The SMILES string of the molecule is O=C(O)c1ccc(OCc2ccoc2)cc1F. The number of ether oxygens (including phenoxy) is 1. The first-order valence-corrected chi connectivity index (χ1v) is 4.83. The third-order valence-electron chi connectivity index (χ3n) is 2.16. The third kappa shape index (κ3) is 2.63. The van der Waals surface area contributed by atoms with Crippen LogP contribution < -0.4 is 4.74 Å². The van der Waals surface area contributed by atoms with Crippen LogP contribution in [0.4, 0.5) is 4.39 Å². The smallest absolute Gasteiger partial charge is 0.338 e. The average Bonchev–Trinajstić information content (AvgIpc) is 2.78. The lowest BCUT2D eigenvalue weighted by atomic mass is 10.2. The van der Waals surface area contributed by atoms with Gasteiger partial charge in [0.1, 0.15) is 18.2 Å². The minimum Gasteiger partial charge on any atom is -0.489 e. The van der Waals surface area contributed by atoms with Gasteiger partial charge < -0.3 is 14.3 Å². The Hall–Kier alpha value is -2.30. The van der Waals surface area contributed by atoms with E-state index in [9.17, 15) is 9.18 Å². The highest BCUT2D eigenvalue weighted by molar-refractivity contribution is 5.88. The van der Waals surface area contributed by atoms with Gasteiger partial charge in [0.25, 0.3) is 0 Å². The monoisotopic (exact) mass is 236 g/mol. The number of carboxylic acids is 1. The van der Waals surface area contributed by atoms with Gasteiger partial charge in [0.05, 0.1) is 18.1 Å². The lowest BCUT2D eigenvalue weighted by Crippen LogP contribution is -2.01. The van der Waals surface area contributed by atoms with E-state index in [2.05, 4.69) is 0 Å². The molecule has 2 aromatic rings. The highest BCUT2D eigenvalue weighted by Crippen LogP contribution is 2.18. The zero-order chi connectivity index (χ0) is 12.3. The Kier molecular flexibility index (Phi) is 3.09. The van der Waals surface area contributed by atoms with E-state index in [1.54, 1.807) is 6.07 Å². The van der Waals surface area contributed by atoms with Gasteiger partial charge in [0.15, 0.2) is 0 Å². The maximum absolute atomic E-state index is 13.3. The molecule has 0 unspecified atom stereocenters. The summed E-state index contributed by atoms with van der Waals surface area (Å²) in [5.74, 6) is -1.85. The third-order valence-corrected chi connectivity index (χ3v) is 2.16. The summed E-state index contributed by atoms with van der Waals surface area (Å²) >= 11 is 0. The number of carboxylic acid groups (broad SMARTS) is 1. The number of rotatable bonds is 4. The zero-order valence-electron chi connectivity index (χ0n) is 8.72. The summed E-state index contributed by atoms with van der Waals surface area (Å²) in [7, 11) is 0. The summed E-state index contributed by atoms with van der Waals surface area (Å²) in [6.45, 7) is 0.238. The first-order chi connectivity index (χ1) is 8.16. The van der Waals surface area contributed by atoms with Crippen molar-refractivity contribution in [3.8, 4) is 5.75 Å². The molecule has 1 aromatic carbocycles. The second-order valence-corrected chi connectivity index (χ2v) is 3.37. The van der Waals surface area contributed by atoms with E-state index < -0.39 is 11.8 Å². The van der Waals surface area contributed by atoms with Crippen LogP contribution in [-0.4, -0.2) is 11.1 Å². The molecule has 17 heavy (non-hydrogen) atoms. The Morgan fingerprint density at radius 1 is 1.41 bits per heavy atom. The number of carbonyl (C=O) groups is 1. The van der Waals surface area contributed by atoms with Crippen molar-refractivity contribution in [2.24, 2.45) is 0 Å². The predicted octanol–water partition coefficient (Wildman–Crippen LogP) is 2.70. The molecule has 4 nitrogen and oxygen atoms in total. The first-order valence-electron chi connectivity index (χ1n) is 4.83. The second kappa shape index (κ2) is 4.69. The van der Waals surface area contributed by atoms with E-state index in [4.69, 9.17) is 14.3 Å². The molecule has 0 radical (unpaired) electrons. The molecule has 1 aromatic heterocycles. The van der Waals surface area contributed by atoms with Crippen molar-refractivity contribution in [1.29, 1.82) is 0 Å². The molecule has 88 valence electrons. The molecule has 1 heterocycles. The molecule has 0 saturated carbocycles. The van der Waals surface area contributed by atoms with E-state index in [1.165, 1.54) is 24.7 Å². The molecule has 0 amide bonds. The van der Waals surface area contributed by atoms with Crippen molar-refractivity contribution >= 4 is 5.97 Å². The summed E-state index contributed by atoms with van der Waals surface area (Å²) in [6.07, 6.45) is 3.02. The molecule has 5 heteroatoms. The van der Waals surface area contributed by atoms with Crippen LogP contribution in [0.25, 0.3) is 0 Å². The maximum Gasteiger partial charge on any atom is 0.338 e. The van der Waals surface area contributed by atoms with Gasteiger partial charge in [-0.15, -0.1) is 0 Å². The Morgan fingerprint density at radius 3 is 2.82 bits per heavy atom. The lowest BCUT2D eigenvalue weighted by molar-refractivity contribution is 0.0692. The molecule has 0 atom stereocenters. The highest BCUT2D eigenvalue weighted by atomic mass is 19.1. The predicted molar refractivity (Wildman–Crippen MR) is 56.4 cm³/mol. The topological polar surface area (TPSA) is 59.7 Å². The zero-order valence-corrected chi connectivity index (χ0v) is 8.72. The van der Waals surface area contributed by atoms with Gasteiger partial charge in [-0.3, -0.25) is 0 Å². The van der Waals surface area contributed by atoms with Gasteiger partial charge in [-0.05, 0) is 18.2 Å². The van der Waals surface area contributed by atoms with E-state index in [-0.39, 0.29) is 17.9 Å². The number of hydrogen-bond donors (Lipinski definition) is 1. The van der Waals surface area contributed by atoms with Crippen LogP contribution in [0.1, 0.15) is 15.9 Å². The van der Waals surface area contributed by atoms with Gasteiger partial charge >= 0.3 is 5.97 Å². The maximum atomic E-state index is 13.3. The molecule has 1 N–H and O–H groups in total. The normalized spacial score (nSPS) is 10.2. The van der Waals surface area contributed by atoms with Crippen molar-refractivity contribution in [2.75, 3.05) is 0 Å². The van der Waals surface area contributed by atoms with Crippen molar-refractivity contribution in [1.82, 2.24) is 0 Å². The van der Waals surface area contributed by atoms with Crippen LogP contribution in [0.15, 0.2) is 41.2 Å². The quantitative estimate of drug-likeness (QED) is 0.886. The van der Waals surface area contributed by atoms with Crippen LogP contribution in [0.2, 0.25) is 0 Å². The van der Waals surface area contributed by atoms with Crippen molar-refractivity contribution in [2.45, 2.75) is 6.61 Å². The second-order valence-electron chi connectivity index (χ2n) is 3.37. The Labute approximate surface area is 96.2 Å². The van der Waals surface area contributed by atoms with Crippen molar-refractivity contribution in [3.05, 3.63) is 53.7 Å². The van der Waals surface area contributed by atoms with Crippen molar-refractivity contribution < 1.29 is 23.4 Å². The van der Waals surface area contributed by atoms with E-state index in [1.807, 2.05) is 0 Å². The van der Waals surface area contributed by atoms with Gasteiger partial charge in [-0.2, -0.15) is 0 Å². The Balaban J connectivity index is 2.07. The van der Waals surface area contributed by atoms with Crippen LogP contribution in [0.3, 0.4) is 0 Å². The van der Waals surface area contributed by atoms with E-state index >= 15 is 0 Å². The van der Waals surface area contributed by atoms with E-state index in [0.29, 0.717) is 0 Å². The molecule has 0 fully saturated rings. The minimum absolute atomic E-state index is 0.238. The molecule has 2 rings (SSSR count). The summed E-state index contributed by atoms with van der Waals surface area (Å²) in [5, 5.41) is 8.64. The minimum atomic E-state index is -1.30. The van der Waals surface area contributed by atoms with Gasteiger partial charge in [0, 0.05) is 11.6 Å². The lowest BCUT2D eigenvalue weighted by Gasteiger charge is -2.05. The number of hydrogen-bond acceptors (Lipinski definition) is 3. The van der Waals surface area contributed by atoms with Gasteiger partial charge in [-0.1, -0.05) is 0 Å². The molecule has 0 aliphatic carbocycles. The number of benzene rings is 1. The molecular formula is C12H9FO4. The molecule has 0 spiro atoms. The molecule has 0 saturated heterocycles. The Bertz CT molecular complexity index is 519. The van der Waals surface area contributed by atoms with Crippen LogP contribution >= 0.6 is 0 Å². The number of furan rings is 1. The average molecular weight is 236 g/mol. The molecule has 0 aliphatic heterocycles. The summed E-state index contributed by atoms with van der Waals surface area (Å²) in [6, 6.07) is 5.35. The fourth-order valence-corrected chi connectivity index (χ4v) is 1.30. The largest absolute Gasteiger partial charge is 0.489 e.